The van der Waals surface area contributed by atoms with Crippen molar-refractivity contribution >= 4 is 33.0 Å². The molecule has 1 aromatic heterocycles. The maximum absolute atomic E-state index is 12.5. The molecule has 1 N–H and O–H groups in total. The highest BCUT2D eigenvalue weighted by Crippen LogP contribution is 2.44. The Hall–Kier alpha value is -3.74. The third-order valence-electron chi connectivity index (χ3n) is 6.58. The van der Waals surface area contributed by atoms with Crippen LogP contribution < -0.4 is 9.47 Å². The second kappa shape index (κ2) is 8.18. The van der Waals surface area contributed by atoms with Crippen molar-refractivity contribution in [1.29, 1.82) is 0 Å². The number of methoxy groups -OCH3 is 1. The van der Waals surface area contributed by atoms with Gasteiger partial charge in [-0.15, -0.1) is 0 Å². The van der Waals surface area contributed by atoms with E-state index in [2.05, 4.69) is 32.5 Å². The van der Waals surface area contributed by atoms with Gasteiger partial charge in [-0.1, -0.05) is 46.8 Å². The highest BCUT2D eigenvalue weighted by molar-refractivity contribution is 9.10. The van der Waals surface area contributed by atoms with Gasteiger partial charge in [0.2, 0.25) is 5.88 Å². The molecule has 2 aliphatic rings. The SMILES string of the molecule is C=C1C=NC=C1C1(O)c2ccc(Br)c(c2)COc2cccc(c2)-c2cc(OC)nc3ccc1cc23. The Morgan fingerprint density at radius 3 is 2.69 bits per heavy atom. The van der Waals surface area contributed by atoms with Crippen molar-refractivity contribution in [2.45, 2.75) is 12.2 Å². The van der Waals surface area contributed by atoms with E-state index in [1.165, 1.54) is 0 Å². The molecule has 35 heavy (non-hydrogen) atoms. The minimum absolute atomic E-state index is 0.330. The quantitative estimate of drug-likeness (QED) is 0.333. The zero-order valence-electron chi connectivity index (χ0n) is 19.0. The van der Waals surface area contributed by atoms with Crippen LogP contribution in [0.4, 0.5) is 0 Å². The van der Waals surface area contributed by atoms with Crippen molar-refractivity contribution in [3.05, 3.63) is 112 Å². The predicted molar refractivity (Wildman–Crippen MR) is 141 cm³/mol. The molecule has 172 valence electrons. The molecule has 0 aliphatic carbocycles. The van der Waals surface area contributed by atoms with Crippen molar-refractivity contribution < 1.29 is 14.6 Å². The summed E-state index contributed by atoms with van der Waals surface area (Å²) in [5, 5.41) is 13.4. The molecule has 0 saturated carbocycles. The normalized spacial score (nSPS) is 18.5. The molecule has 6 bridgehead atoms. The van der Waals surface area contributed by atoms with E-state index >= 15 is 0 Å². The number of benzene rings is 3. The van der Waals surface area contributed by atoms with E-state index in [4.69, 9.17) is 9.47 Å². The Kier molecular flexibility index (Phi) is 5.09. The number of ether oxygens (including phenoxy) is 2. The van der Waals surface area contributed by atoms with E-state index in [1.807, 2.05) is 66.7 Å². The van der Waals surface area contributed by atoms with Crippen LogP contribution in [0.15, 0.2) is 100 Å². The van der Waals surface area contributed by atoms with Gasteiger partial charge in [-0.3, -0.25) is 4.99 Å². The maximum atomic E-state index is 12.5. The molecule has 6 heteroatoms. The number of rotatable bonds is 2. The van der Waals surface area contributed by atoms with Crippen molar-refractivity contribution in [3.8, 4) is 22.8 Å². The smallest absolute Gasteiger partial charge is 0.214 e. The van der Waals surface area contributed by atoms with Gasteiger partial charge in [-0.2, -0.15) is 0 Å². The summed E-state index contributed by atoms with van der Waals surface area (Å²) in [5.74, 6) is 1.26. The van der Waals surface area contributed by atoms with Crippen molar-refractivity contribution in [1.82, 2.24) is 4.98 Å². The highest BCUT2D eigenvalue weighted by atomic mass is 79.9. The van der Waals surface area contributed by atoms with E-state index in [0.717, 1.165) is 37.8 Å². The Morgan fingerprint density at radius 1 is 1.06 bits per heavy atom. The molecule has 0 fully saturated rings. The Balaban J connectivity index is 1.72. The molecule has 4 aromatic rings. The molecule has 1 unspecified atom stereocenters. The van der Waals surface area contributed by atoms with E-state index < -0.39 is 5.60 Å². The number of pyridine rings is 1. The number of hydrogen-bond donors (Lipinski definition) is 1. The minimum atomic E-state index is -1.49. The molecule has 0 spiro atoms. The molecule has 6 rings (SSSR count). The lowest BCUT2D eigenvalue weighted by molar-refractivity contribution is 0.124. The third kappa shape index (κ3) is 3.49. The van der Waals surface area contributed by atoms with E-state index in [9.17, 15) is 5.11 Å². The van der Waals surface area contributed by atoms with E-state index in [1.54, 1.807) is 19.5 Å². The van der Waals surface area contributed by atoms with Crippen molar-refractivity contribution in [3.63, 3.8) is 0 Å². The van der Waals surface area contributed by atoms with Gasteiger partial charge in [0, 0.05) is 39.5 Å². The summed E-state index contributed by atoms with van der Waals surface area (Å²) in [6, 6.07) is 21.5. The first-order chi connectivity index (χ1) is 17.0. The average molecular weight is 525 g/mol. The lowest BCUT2D eigenvalue weighted by atomic mass is 9.77. The largest absolute Gasteiger partial charge is 0.489 e. The lowest BCUT2D eigenvalue weighted by Crippen LogP contribution is -2.30. The number of nitrogens with zero attached hydrogens (tertiary/aromatic N) is 2. The number of halogens is 1. The summed E-state index contributed by atoms with van der Waals surface area (Å²) >= 11 is 3.64. The predicted octanol–water partition coefficient (Wildman–Crippen LogP) is 6.33. The Bertz CT molecular complexity index is 1590. The summed E-state index contributed by atoms with van der Waals surface area (Å²) in [6.07, 6.45) is 3.35. The van der Waals surface area contributed by atoms with Crippen LogP contribution in [-0.4, -0.2) is 23.4 Å². The van der Waals surface area contributed by atoms with Crippen molar-refractivity contribution in [2.24, 2.45) is 4.99 Å². The van der Waals surface area contributed by atoms with Gasteiger partial charge in [0.1, 0.15) is 18.0 Å². The highest BCUT2D eigenvalue weighted by Gasteiger charge is 2.39. The fourth-order valence-corrected chi connectivity index (χ4v) is 5.11. The van der Waals surface area contributed by atoms with E-state index in [0.29, 0.717) is 34.8 Å². The first-order valence-corrected chi connectivity index (χ1v) is 11.9. The zero-order valence-corrected chi connectivity index (χ0v) is 20.5. The van der Waals surface area contributed by atoms with Gasteiger partial charge in [0.05, 0.1) is 12.6 Å². The van der Waals surface area contributed by atoms with Crippen molar-refractivity contribution in [2.75, 3.05) is 7.11 Å². The second-order valence-electron chi connectivity index (χ2n) is 8.62. The summed E-state index contributed by atoms with van der Waals surface area (Å²) < 4.78 is 12.6. The molecular weight excluding hydrogens is 504 g/mol. The molecule has 0 saturated heterocycles. The molecule has 3 heterocycles. The van der Waals surface area contributed by atoms with Gasteiger partial charge in [-0.25, -0.2) is 4.98 Å². The Labute approximate surface area is 211 Å². The summed E-state index contributed by atoms with van der Waals surface area (Å²) in [5.41, 5.74) is 4.78. The summed E-state index contributed by atoms with van der Waals surface area (Å²) in [7, 11) is 1.61. The molecule has 2 aliphatic heterocycles. The first-order valence-electron chi connectivity index (χ1n) is 11.1. The molecule has 5 nitrogen and oxygen atoms in total. The monoisotopic (exact) mass is 524 g/mol. The summed E-state index contributed by atoms with van der Waals surface area (Å²) in [4.78, 5) is 8.93. The molecular formula is C29H21BrN2O3. The van der Waals surface area contributed by atoms with Crippen LogP contribution >= 0.6 is 15.9 Å². The van der Waals surface area contributed by atoms with Gasteiger partial charge in [0.25, 0.3) is 0 Å². The number of hydrogen-bond acceptors (Lipinski definition) is 5. The minimum Gasteiger partial charge on any atom is -0.489 e. The first kappa shape index (κ1) is 21.8. The standard InChI is InChI=1S/C29H21BrN2O3/c1-17-14-31-15-25(17)29(33)20-6-8-26(30)19(10-20)16-35-22-5-3-4-18(11-22)23-13-28(34-2)32-27-9-7-21(29)12-24(23)27/h3-15,33H,1,16H2,2H3. The average Bonchev–Trinajstić information content (AvgIpc) is 3.32. The summed E-state index contributed by atoms with van der Waals surface area (Å²) in [6.45, 7) is 4.47. The van der Waals surface area contributed by atoms with Crippen LogP contribution in [0.25, 0.3) is 22.0 Å². The fraction of sp³-hybridized carbons (Fsp3) is 0.103. The van der Waals surface area contributed by atoms with Crippen LogP contribution in [0, 0.1) is 0 Å². The molecule has 0 radical (unpaired) electrons. The number of aromatic nitrogens is 1. The van der Waals surface area contributed by atoms with E-state index in [-0.39, 0.29) is 0 Å². The zero-order chi connectivity index (χ0) is 24.2. The maximum Gasteiger partial charge on any atom is 0.214 e. The topological polar surface area (TPSA) is 63.9 Å². The van der Waals surface area contributed by atoms with Crippen LogP contribution in [0.5, 0.6) is 11.6 Å². The van der Waals surface area contributed by atoms with Gasteiger partial charge in [-0.05, 0) is 64.2 Å². The van der Waals surface area contributed by atoms with Gasteiger partial charge >= 0.3 is 0 Å². The van der Waals surface area contributed by atoms with Gasteiger partial charge in [0.15, 0.2) is 0 Å². The second-order valence-corrected chi connectivity index (χ2v) is 9.48. The fourth-order valence-electron chi connectivity index (χ4n) is 4.75. The van der Waals surface area contributed by atoms with Crippen LogP contribution in [-0.2, 0) is 12.2 Å². The molecule has 0 amide bonds. The number of fused-ring (bicyclic) bond motifs is 6. The number of aliphatic hydroxyl groups is 1. The lowest BCUT2D eigenvalue weighted by Gasteiger charge is -2.32. The molecule has 3 aromatic carbocycles. The van der Waals surface area contributed by atoms with Gasteiger partial charge < -0.3 is 14.6 Å². The Morgan fingerprint density at radius 2 is 1.89 bits per heavy atom. The van der Waals surface area contributed by atoms with Crippen LogP contribution in [0.1, 0.15) is 16.7 Å². The third-order valence-corrected chi connectivity index (χ3v) is 7.36. The van der Waals surface area contributed by atoms with Crippen LogP contribution in [0.3, 0.4) is 0 Å². The number of aliphatic imine (C=N–C) groups is 1. The van der Waals surface area contributed by atoms with Crippen LogP contribution in [0.2, 0.25) is 0 Å². The molecule has 1 atom stereocenters.